The van der Waals surface area contributed by atoms with Crippen molar-refractivity contribution in [1.82, 2.24) is 14.7 Å². The van der Waals surface area contributed by atoms with E-state index in [1.165, 1.54) is 0 Å². The van der Waals surface area contributed by atoms with Crippen LogP contribution in [0.4, 0.5) is 0 Å². The summed E-state index contributed by atoms with van der Waals surface area (Å²) >= 11 is 0. The molecule has 1 aromatic rings. The average molecular weight is 303 g/mol. The Balaban J connectivity index is 2.11. The van der Waals surface area contributed by atoms with Gasteiger partial charge in [-0.3, -0.25) is 14.3 Å². The summed E-state index contributed by atoms with van der Waals surface area (Å²) in [4.78, 5) is 26.0. The molecule has 2 rings (SSSR count). The maximum atomic E-state index is 12.4. The van der Waals surface area contributed by atoms with Gasteiger partial charge in [-0.2, -0.15) is 5.10 Å². The van der Waals surface area contributed by atoms with E-state index in [2.05, 4.69) is 11.0 Å². The van der Waals surface area contributed by atoms with Gasteiger partial charge in [-0.25, -0.2) is 0 Å². The summed E-state index contributed by atoms with van der Waals surface area (Å²) in [7, 11) is 3.53. The molecule has 1 aromatic heterocycles. The van der Waals surface area contributed by atoms with E-state index in [1.807, 2.05) is 6.20 Å². The number of carbonyl (C=O) groups is 2. The minimum absolute atomic E-state index is 0.0326. The van der Waals surface area contributed by atoms with Crippen LogP contribution in [-0.4, -0.2) is 40.2 Å². The molecule has 0 aromatic carbocycles. The summed E-state index contributed by atoms with van der Waals surface area (Å²) < 4.78 is 6.99. The zero-order valence-corrected chi connectivity index (χ0v) is 13.0. The Hall–Kier alpha value is -2.29. The monoisotopic (exact) mass is 303 g/mol. The van der Waals surface area contributed by atoms with E-state index in [-0.39, 0.29) is 23.8 Å². The first kappa shape index (κ1) is 16.1. The molecule has 1 amide bonds. The molecule has 1 aliphatic rings. The number of ether oxygens (including phenoxy) is 1. The average Bonchev–Trinajstić information content (AvgIpc) is 2.92. The van der Waals surface area contributed by atoms with Gasteiger partial charge in [-0.1, -0.05) is 0 Å². The SMILES string of the molecule is C#CCCCOC(=O)[C@H]1CCC(=O)N(C)[C@H]1c1cnn(C)c1. The van der Waals surface area contributed by atoms with Crippen LogP contribution in [0.1, 0.15) is 37.3 Å². The molecule has 0 aliphatic carbocycles. The van der Waals surface area contributed by atoms with Gasteiger partial charge in [0.15, 0.2) is 0 Å². The highest BCUT2D eigenvalue weighted by atomic mass is 16.5. The second-order valence-electron chi connectivity index (χ2n) is 5.52. The minimum atomic E-state index is -0.363. The number of unbranched alkanes of at least 4 members (excludes halogenated alkanes) is 1. The maximum Gasteiger partial charge on any atom is 0.311 e. The minimum Gasteiger partial charge on any atom is -0.465 e. The fourth-order valence-corrected chi connectivity index (χ4v) is 2.79. The predicted molar refractivity (Wildman–Crippen MR) is 80.5 cm³/mol. The fraction of sp³-hybridized carbons (Fsp3) is 0.562. The number of carbonyl (C=O) groups excluding carboxylic acids is 2. The highest BCUT2D eigenvalue weighted by Crippen LogP contribution is 2.36. The zero-order chi connectivity index (χ0) is 16.1. The number of nitrogens with zero attached hydrogens (tertiary/aromatic N) is 3. The van der Waals surface area contributed by atoms with Crippen molar-refractivity contribution in [2.75, 3.05) is 13.7 Å². The standard InChI is InChI=1S/C16H21N3O3/c1-4-5-6-9-22-16(21)13-7-8-14(20)19(3)15(13)12-10-17-18(2)11-12/h1,10-11,13,15H,5-9H2,2-3H3/t13-,15-/m0/s1. The Kier molecular flexibility index (Phi) is 5.21. The van der Waals surface area contributed by atoms with Crippen LogP contribution in [-0.2, 0) is 21.4 Å². The number of aromatic nitrogens is 2. The molecule has 1 fully saturated rings. The summed E-state index contributed by atoms with van der Waals surface area (Å²) in [5.74, 6) is 1.91. The van der Waals surface area contributed by atoms with E-state index in [0.717, 1.165) is 5.56 Å². The van der Waals surface area contributed by atoms with Crippen molar-refractivity contribution >= 4 is 11.9 Å². The molecular weight excluding hydrogens is 282 g/mol. The van der Waals surface area contributed by atoms with Gasteiger partial charge in [-0.05, 0) is 12.8 Å². The van der Waals surface area contributed by atoms with Gasteiger partial charge in [0.25, 0.3) is 0 Å². The smallest absolute Gasteiger partial charge is 0.311 e. The lowest BCUT2D eigenvalue weighted by molar-refractivity contribution is -0.156. The highest BCUT2D eigenvalue weighted by Gasteiger charge is 2.40. The molecule has 1 saturated heterocycles. The Labute approximate surface area is 130 Å². The van der Waals surface area contributed by atoms with Crippen molar-refractivity contribution in [3.63, 3.8) is 0 Å². The molecule has 0 saturated carbocycles. The van der Waals surface area contributed by atoms with E-state index in [1.54, 1.807) is 29.9 Å². The number of hydrogen-bond acceptors (Lipinski definition) is 4. The third-order valence-corrected chi connectivity index (χ3v) is 3.94. The van der Waals surface area contributed by atoms with Crippen LogP contribution in [0.5, 0.6) is 0 Å². The number of terminal acetylenes is 1. The lowest BCUT2D eigenvalue weighted by atomic mass is 9.86. The molecule has 6 nitrogen and oxygen atoms in total. The summed E-state index contributed by atoms with van der Waals surface area (Å²) in [6.07, 6.45) is 10.8. The van der Waals surface area contributed by atoms with Gasteiger partial charge in [0.2, 0.25) is 5.91 Å². The number of likely N-dealkylation sites (tertiary alicyclic amines) is 1. The van der Waals surface area contributed by atoms with Crippen molar-refractivity contribution in [1.29, 1.82) is 0 Å². The molecule has 1 aliphatic heterocycles. The second kappa shape index (κ2) is 7.12. The number of piperidine rings is 1. The van der Waals surface area contributed by atoms with Gasteiger partial charge in [0, 0.05) is 38.7 Å². The summed E-state index contributed by atoms with van der Waals surface area (Å²) in [6.45, 7) is 0.316. The quantitative estimate of drug-likeness (QED) is 0.467. The van der Waals surface area contributed by atoms with Crippen molar-refractivity contribution in [3.8, 4) is 12.3 Å². The first-order chi connectivity index (χ1) is 10.5. The molecule has 0 radical (unpaired) electrons. The molecule has 2 heterocycles. The third-order valence-electron chi connectivity index (χ3n) is 3.94. The number of hydrogen-bond donors (Lipinski definition) is 0. The van der Waals surface area contributed by atoms with Gasteiger partial charge < -0.3 is 9.64 Å². The van der Waals surface area contributed by atoms with Gasteiger partial charge in [0.05, 0.1) is 24.8 Å². The van der Waals surface area contributed by atoms with E-state index >= 15 is 0 Å². The molecule has 6 heteroatoms. The maximum absolute atomic E-state index is 12.4. The zero-order valence-electron chi connectivity index (χ0n) is 13.0. The topological polar surface area (TPSA) is 64.4 Å². The number of aryl methyl sites for hydroxylation is 1. The van der Waals surface area contributed by atoms with Gasteiger partial charge in [0.1, 0.15) is 0 Å². The van der Waals surface area contributed by atoms with E-state index in [4.69, 9.17) is 11.2 Å². The molecule has 0 bridgehead atoms. The third kappa shape index (κ3) is 3.48. The second-order valence-corrected chi connectivity index (χ2v) is 5.52. The Morgan fingerprint density at radius 1 is 1.55 bits per heavy atom. The molecule has 0 spiro atoms. The van der Waals surface area contributed by atoms with Crippen LogP contribution in [0.2, 0.25) is 0 Å². The summed E-state index contributed by atoms with van der Waals surface area (Å²) in [5, 5.41) is 4.14. The Morgan fingerprint density at radius 3 is 2.95 bits per heavy atom. The highest BCUT2D eigenvalue weighted by molar-refractivity contribution is 5.82. The number of amides is 1. The molecular formula is C16H21N3O3. The van der Waals surface area contributed by atoms with Crippen LogP contribution in [0.25, 0.3) is 0 Å². The van der Waals surface area contributed by atoms with E-state index in [9.17, 15) is 9.59 Å². The van der Waals surface area contributed by atoms with Crippen molar-refractivity contribution < 1.29 is 14.3 Å². The molecule has 2 atom stereocenters. The van der Waals surface area contributed by atoms with Crippen molar-refractivity contribution in [2.24, 2.45) is 13.0 Å². The molecule has 118 valence electrons. The molecule has 22 heavy (non-hydrogen) atoms. The van der Waals surface area contributed by atoms with Crippen molar-refractivity contribution in [2.45, 2.75) is 31.7 Å². The Morgan fingerprint density at radius 2 is 2.32 bits per heavy atom. The predicted octanol–water partition coefficient (Wildman–Crippen LogP) is 1.29. The number of rotatable bonds is 5. The van der Waals surface area contributed by atoms with Crippen LogP contribution >= 0.6 is 0 Å². The van der Waals surface area contributed by atoms with Gasteiger partial charge in [-0.15, -0.1) is 12.3 Å². The summed E-state index contributed by atoms with van der Waals surface area (Å²) in [6, 6.07) is -0.324. The lowest BCUT2D eigenvalue weighted by Gasteiger charge is -2.37. The van der Waals surface area contributed by atoms with Crippen LogP contribution < -0.4 is 0 Å². The van der Waals surface area contributed by atoms with E-state index in [0.29, 0.717) is 32.3 Å². The first-order valence-corrected chi connectivity index (χ1v) is 7.39. The van der Waals surface area contributed by atoms with Crippen LogP contribution in [0.3, 0.4) is 0 Å². The normalized spacial score (nSPS) is 21.5. The van der Waals surface area contributed by atoms with Crippen molar-refractivity contribution in [3.05, 3.63) is 18.0 Å². The summed E-state index contributed by atoms with van der Waals surface area (Å²) in [5.41, 5.74) is 0.851. The van der Waals surface area contributed by atoms with E-state index < -0.39 is 0 Å². The van der Waals surface area contributed by atoms with Crippen LogP contribution in [0, 0.1) is 18.3 Å². The van der Waals surface area contributed by atoms with Gasteiger partial charge >= 0.3 is 5.97 Å². The first-order valence-electron chi connectivity index (χ1n) is 7.39. The number of esters is 1. The largest absolute Gasteiger partial charge is 0.465 e. The molecule has 0 unspecified atom stereocenters. The lowest BCUT2D eigenvalue weighted by Crippen LogP contribution is -2.43. The Bertz CT molecular complexity index is 588. The van der Waals surface area contributed by atoms with Crippen LogP contribution in [0.15, 0.2) is 12.4 Å². The fourth-order valence-electron chi connectivity index (χ4n) is 2.79. The molecule has 0 N–H and O–H groups in total.